The van der Waals surface area contributed by atoms with Crippen LogP contribution >= 0.6 is 0 Å². The maximum absolute atomic E-state index is 10.3. The Balaban J connectivity index is 2.15. The van der Waals surface area contributed by atoms with Gasteiger partial charge in [-0.3, -0.25) is 0 Å². The molecule has 0 aliphatic heterocycles. The largest absolute Gasteiger partial charge is 0.508 e. The van der Waals surface area contributed by atoms with E-state index in [0.717, 1.165) is 11.1 Å². The van der Waals surface area contributed by atoms with Crippen molar-refractivity contribution in [3.05, 3.63) is 65.7 Å². The fraction of sp³-hybridized carbons (Fsp3) is 0.250. The van der Waals surface area contributed by atoms with Gasteiger partial charge in [-0.25, -0.2) is 0 Å². The number of aliphatic hydroxyl groups excluding tert-OH is 1. The molecule has 0 aliphatic carbocycles. The highest BCUT2D eigenvalue weighted by atomic mass is 16.5. The predicted molar refractivity (Wildman–Crippen MR) is 74.0 cm³/mol. The van der Waals surface area contributed by atoms with Crippen LogP contribution in [0.5, 0.6) is 5.75 Å². The van der Waals surface area contributed by atoms with Gasteiger partial charge in [-0.15, -0.1) is 0 Å². The summed E-state index contributed by atoms with van der Waals surface area (Å²) in [6, 6.07) is 16.5. The summed E-state index contributed by atoms with van der Waals surface area (Å²) in [7, 11) is 1.57. The maximum atomic E-state index is 10.3. The molecule has 0 spiro atoms. The predicted octanol–water partition coefficient (Wildman–Crippen LogP) is 2.68. The van der Waals surface area contributed by atoms with Crippen LogP contribution in [-0.2, 0) is 11.2 Å². The summed E-state index contributed by atoms with van der Waals surface area (Å²) in [4.78, 5) is 0. The molecule has 0 aliphatic rings. The highest BCUT2D eigenvalue weighted by Crippen LogP contribution is 2.25. The van der Waals surface area contributed by atoms with Gasteiger partial charge in [0.05, 0.1) is 6.10 Å². The summed E-state index contributed by atoms with van der Waals surface area (Å²) in [5.41, 5.74) is 1.58. The summed E-state index contributed by atoms with van der Waals surface area (Å²) >= 11 is 0. The number of hydrogen-bond donors (Lipinski definition) is 2. The zero-order chi connectivity index (χ0) is 13.7. The van der Waals surface area contributed by atoms with Crippen molar-refractivity contribution in [3.8, 4) is 5.75 Å². The molecule has 3 heteroatoms. The van der Waals surface area contributed by atoms with Crippen LogP contribution in [0.3, 0.4) is 0 Å². The van der Waals surface area contributed by atoms with E-state index in [0.29, 0.717) is 6.42 Å². The zero-order valence-electron chi connectivity index (χ0n) is 10.9. The molecule has 0 unspecified atom stereocenters. The molecule has 3 nitrogen and oxygen atoms in total. The number of rotatable bonds is 5. The minimum absolute atomic E-state index is 0.227. The third-order valence-corrected chi connectivity index (χ3v) is 3.21. The summed E-state index contributed by atoms with van der Waals surface area (Å²) in [5, 5.41) is 20.1. The number of benzene rings is 2. The molecule has 0 aromatic heterocycles. The van der Waals surface area contributed by atoms with Gasteiger partial charge < -0.3 is 14.9 Å². The number of hydrogen-bond acceptors (Lipinski definition) is 3. The molecule has 0 heterocycles. The lowest BCUT2D eigenvalue weighted by molar-refractivity contribution is -0.0127. The number of ether oxygens (including phenoxy) is 1. The van der Waals surface area contributed by atoms with E-state index in [1.54, 1.807) is 19.2 Å². The molecule has 100 valence electrons. The van der Waals surface area contributed by atoms with E-state index in [1.807, 2.05) is 42.5 Å². The second-order valence-corrected chi connectivity index (χ2v) is 4.46. The third-order valence-electron chi connectivity index (χ3n) is 3.21. The van der Waals surface area contributed by atoms with Crippen LogP contribution in [0.1, 0.15) is 17.2 Å². The molecule has 2 rings (SSSR count). The Morgan fingerprint density at radius 2 is 1.63 bits per heavy atom. The molecule has 0 amide bonds. The first kappa shape index (κ1) is 13.6. The van der Waals surface area contributed by atoms with Gasteiger partial charge in [0.15, 0.2) is 0 Å². The zero-order valence-corrected chi connectivity index (χ0v) is 10.9. The van der Waals surface area contributed by atoms with E-state index in [4.69, 9.17) is 4.74 Å². The Kier molecular flexibility index (Phi) is 4.55. The van der Waals surface area contributed by atoms with E-state index in [-0.39, 0.29) is 5.75 Å². The van der Waals surface area contributed by atoms with Gasteiger partial charge in [0.25, 0.3) is 0 Å². The summed E-state index contributed by atoms with van der Waals surface area (Å²) in [5.74, 6) is 0.227. The van der Waals surface area contributed by atoms with Crippen LogP contribution in [0.4, 0.5) is 0 Å². The van der Waals surface area contributed by atoms with Crippen LogP contribution in [0.25, 0.3) is 0 Å². The van der Waals surface area contributed by atoms with Crippen molar-refractivity contribution in [1.82, 2.24) is 0 Å². The number of para-hydroxylation sites is 1. The van der Waals surface area contributed by atoms with Crippen LogP contribution in [0.15, 0.2) is 54.6 Å². The van der Waals surface area contributed by atoms with Gasteiger partial charge >= 0.3 is 0 Å². The van der Waals surface area contributed by atoms with Crippen molar-refractivity contribution in [2.24, 2.45) is 0 Å². The van der Waals surface area contributed by atoms with Gasteiger partial charge in [-0.05, 0) is 17.2 Å². The molecule has 2 N–H and O–H groups in total. The van der Waals surface area contributed by atoms with Crippen molar-refractivity contribution < 1.29 is 14.9 Å². The van der Waals surface area contributed by atoms with Gasteiger partial charge in [-0.1, -0.05) is 48.5 Å². The number of phenols is 1. The normalized spacial score (nSPS) is 14.0. The molecule has 0 saturated heterocycles. The first-order valence-electron chi connectivity index (χ1n) is 6.25. The van der Waals surface area contributed by atoms with Gasteiger partial charge in [0.2, 0.25) is 0 Å². The molecular weight excluding hydrogens is 240 g/mol. The quantitative estimate of drug-likeness (QED) is 0.867. The molecule has 0 fully saturated rings. The molecule has 2 aromatic rings. The van der Waals surface area contributed by atoms with Gasteiger partial charge in [0.1, 0.15) is 11.9 Å². The molecule has 2 atom stereocenters. The van der Waals surface area contributed by atoms with E-state index >= 15 is 0 Å². The van der Waals surface area contributed by atoms with Crippen LogP contribution in [-0.4, -0.2) is 23.4 Å². The Morgan fingerprint density at radius 1 is 1.00 bits per heavy atom. The first-order chi connectivity index (χ1) is 9.22. The molecule has 2 aromatic carbocycles. The smallest absolute Gasteiger partial charge is 0.118 e. The highest BCUT2D eigenvalue weighted by molar-refractivity contribution is 5.32. The van der Waals surface area contributed by atoms with Gasteiger partial charge in [0, 0.05) is 13.5 Å². The first-order valence-corrected chi connectivity index (χ1v) is 6.25. The van der Waals surface area contributed by atoms with Crippen LogP contribution in [0, 0.1) is 0 Å². The molecule has 0 radical (unpaired) electrons. The molecule has 0 bridgehead atoms. The minimum atomic E-state index is -0.717. The maximum Gasteiger partial charge on any atom is 0.118 e. The molecule has 0 saturated carbocycles. The van der Waals surface area contributed by atoms with E-state index in [1.165, 1.54) is 0 Å². The Bertz CT molecular complexity index is 510. The fourth-order valence-corrected chi connectivity index (χ4v) is 2.09. The number of phenolic OH excluding ortho intramolecular Hbond substituents is 1. The summed E-state index contributed by atoms with van der Waals surface area (Å²) < 4.78 is 5.36. The van der Waals surface area contributed by atoms with Crippen molar-refractivity contribution >= 4 is 0 Å². The Hall–Kier alpha value is -1.84. The van der Waals surface area contributed by atoms with E-state index in [2.05, 4.69) is 0 Å². The summed E-state index contributed by atoms with van der Waals surface area (Å²) in [6.45, 7) is 0. The Labute approximate surface area is 113 Å². The van der Waals surface area contributed by atoms with Crippen LogP contribution < -0.4 is 0 Å². The molecule has 19 heavy (non-hydrogen) atoms. The minimum Gasteiger partial charge on any atom is -0.508 e. The van der Waals surface area contributed by atoms with Crippen molar-refractivity contribution in [3.63, 3.8) is 0 Å². The highest BCUT2D eigenvalue weighted by Gasteiger charge is 2.21. The second-order valence-electron chi connectivity index (χ2n) is 4.46. The fourth-order valence-electron chi connectivity index (χ4n) is 2.09. The monoisotopic (exact) mass is 258 g/mol. The number of aromatic hydroxyl groups is 1. The van der Waals surface area contributed by atoms with E-state index in [9.17, 15) is 10.2 Å². The number of aliphatic hydroxyl groups is 1. The number of methoxy groups -OCH3 is 1. The SMILES string of the molecule is CO[C@@H](Cc1ccccc1O)[C@@H](O)c1ccccc1. The average molecular weight is 258 g/mol. The van der Waals surface area contributed by atoms with E-state index < -0.39 is 12.2 Å². The Morgan fingerprint density at radius 3 is 2.26 bits per heavy atom. The van der Waals surface area contributed by atoms with Crippen molar-refractivity contribution in [2.45, 2.75) is 18.6 Å². The lowest BCUT2D eigenvalue weighted by atomic mass is 9.98. The van der Waals surface area contributed by atoms with Crippen molar-refractivity contribution in [2.75, 3.05) is 7.11 Å². The lowest BCUT2D eigenvalue weighted by Gasteiger charge is -2.22. The average Bonchev–Trinajstić information content (AvgIpc) is 2.47. The third kappa shape index (κ3) is 3.34. The lowest BCUT2D eigenvalue weighted by Crippen LogP contribution is -2.23. The van der Waals surface area contributed by atoms with Crippen LogP contribution in [0.2, 0.25) is 0 Å². The van der Waals surface area contributed by atoms with Crippen molar-refractivity contribution in [1.29, 1.82) is 0 Å². The van der Waals surface area contributed by atoms with Gasteiger partial charge in [-0.2, -0.15) is 0 Å². The standard InChI is InChI=1S/C16H18O3/c1-19-15(11-13-9-5-6-10-14(13)17)16(18)12-7-3-2-4-8-12/h2-10,15-18H,11H2,1H3/t15-,16-/m0/s1. The molecular formula is C16H18O3. The second kappa shape index (κ2) is 6.36. The topological polar surface area (TPSA) is 49.7 Å². The summed E-state index contributed by atoms with van der Waals surface area (Å²) in [6.07, 6.45) is -0.652.